The van der Waals surface area contributed by atoms with Crippen molar-refractivity contribution >= 4 is 11.7 Å². The lowest BCUT2D eigenvalue weighted by atomic mass is 9.98. The van der Waals surface area contributed by atoms with Gasteiger partial charge in [-0.25, -0.2) is 9.64 Å². The number of rotatable bonds is 6. The summed E-state index contributed by atoms with van der Waals surface area (Å²) in [7, 11) is 2.14. The summed E-state index contributed by atoms with van der Waals surface area (Å²) in [5, 5.41) is 9.44. The molecule has 0 aliphatic carbocycles. The smallest absolute Gasteiger partial charge is 0.335 e. The van der Waals surface area contributed by atoms with Gasteiger partial charge in [0.2, 0.25) is 0 Å². The molecule has 140 valence electrons. The fourth-order valence-corrected chi connectivity index (χ4v) is 3.39. The first kappa shape index (κ1) is 19.1. The summed E-state index contributed by atoms with van der Waals surface area (Å²) in [4.78, 5) is 17.3. The topological polar surface area (TPSA) is 54.1 Å². The lowest BCUT2D eigenvalue weighted by Gasteiger charge is -2.28. The van der Waals surface area contributed by atoms with Crippen LogP contribution in [0.15, 0.2) is 42.5 Å². The highest BCUT2D eigenvalue weighted by atomic mass is 16.5. The van der Waals surface area contributed by atoms with Crippen molar-refractivity contribution < 1.29 is 14.6 Å². The molecule has 5 heteroatoms. The Balaban J connectivity index is 1.73. The number of carbonyl (C=O) groups is 1. The van der Waals surface area contributed by atoms with Gasteiger partial charge in [-0.05, 0) is 79.9 Å². The monoisotopic (exact) mass is 364 g/mol. The zero-order chi connectivity index (χ0) is 19.2. The number of aromatic carboxylic acids is 1. The second-order valence-electron chi connectivity index (χ2n) is 7.15. The SMILES string of the molecule is [C-]#[N+]c1cccc(-c2cc(COCC3CCN(C)CC3)cc(C(=O)O)c2)c1. The number of likely N-dealkylation sites (tertiary alicyclic amines) is 1. The van der Waals surface area contributed by atoms with Gasteiger partial charge in [0.1, 0.15) is 0 Å². The van der Waals surface area contributed by atoms with Gasteiger partial charge in [-0.1, -0.05) is 18.2 Å². The normalized spacial score (nSPS) is 15.4. The van der Waals surface area contributed by atoms with Gasteiger partial charge in [-0.2, -0.15) is 0 Å². The molecule has 0 bridgehead atoms. The van der Waals surface area contributed by atoms with E-state index in [-0.39, 0.29) is 5.56 Å². The van der Waals surface area contributed by atoms with Crippen molar-refractivity contribution in [2.24, 2.45) is 5.92 Å². The van der Waals surface area contributed by atoms with Crippen molar-refractivity contribution in [3.05, 3.63) is 65.0 Å². The molecule has 1 aliphatic rings. The van der Waals surface area contributed by atoms with Crippen molar-refractivity contribution in [1.82, 2.24) is 4.90 Å². The second kappa shape index (κ2) is 8.81. The highest BCUT2D eigenvalue weighted by molar-refractivity contribution is 5.90. The number of hydrogen-bond donors (Lipinski definition) is 1. The zero-order valence-corrected chi connectivity index (χ0v) is 15.5. The third-order valence-corrected chi connectivity index (χ3v) is 5.01. The fourth-order valence-electron chi connectivity index (χ4n) is 3.39. The lowest BCUT2D eigenvalue weighted by Crippen LogP contribution is -2.31. The number of ether oxygens (including phenoxy) is 1. The van der Waals surface area contributed by atoms with Crippen LogP contribution in [0.5, 0.6) is 0 Å². The quantitative estimate of drug-likeness (QED) is 0.769. The number of nitrogens with zero attached hydrogens (tertiary/aromatic N) is 2. The Bertz CT molecular complexity index is 849. The Kier molecular flexibility index (Phi) is 6.23. The van der Waals surface area contributed by atoms with Crippen LogP contribution in [0.1, 0.15) is 28.8 Å². The molecule has 0 amide bonds. The first-order chi connectivity index (χ1) is 13.0. The van der Waals surface area contributed by atoms with Crippen LogP contribution in [0.3, 0.4) is 0 Å². The first-order valence-corrected chi connectivity index (χ1v) is 9.16. The molecule has 0 saturated carbocycles. The van der Waals surface area contributed by atoms with Crippen molar-refractivity contribution in [1.29, 1.82) is 0 Å². The van der Waals surface area contributed by atoms with Crippen LogP contribution in [0, 0.1) is 12.5 Å². The minimum atomic E-state index is -0.963. The molecule has 27 heavy (non-hydrogen) atoms. The average molecular weight is 364 g/mol. The maximum Gasteiger partial charge on any atom is 0.335 e. The van der Waals surface area contributed by atoms with Gasteiger partial charge in [0, 0.05) is 6.61 Å². The van der Waals surface area contributed by atoms with Gasteiger partial charge in [0.05, 0.1) is 18.7 Å². The van der Waals surface area contributed by atoms with Crippen LogP contribution in [-0.4, -0.2) is 42.7 Å². The predicted molar refractivity (Wildman–Crippen MR) is 105 cm³/mol. The third-order valence-electron chi connectivity index (χ3n) is 5.01. The summed E-state index contributed by atoms with van der Waals surface area (Å²) in [6, 6.07) is 12.5. The number of carboxylic acids is 1. The Hall–Kier alpha value is -2.68. The van der Waals surface area contributed by atoms with Crippen molar-refractivity contribution in [2.45, 2.75) is 19.4 Å². The number of piperidine rings is 1. The molecule has 2 aromatic rings. The van der Waals surface area contributed by atoms with E-state index in [1.165, 1.54) is 0 Å². The summed E-state index contributed by atoms with van der Waals surface area (Å²) >= 11 is 0. The third kappa shape index (κ3) is 5.16. The molecule has 1 N–H and O–H groups in total. The maximum atomic E-state index is 11.5. The standard InChI is InChI=1S/C22H24N2O3/c1-23-21-5-3-4-18(13-21)19-10-17(11-20(12-19)22(25)26)15-27-14-16-6-8-24(2)9-7-16/h3-5,10-13,16H,6-9,14-15H2,2H3,(H,25,26). The van der Waals surface area contributed by atoms with Crippen molar-refractivity contribution in [3.63, 3.8) is 0 Å². The van der Waals surface area contributed by atoms with Crippen LogP contribution in [-0.2, 0) is 11.3 Å². The first-order valence-electron chi connectivity index (χ1n) is 9.16. The van der Waals surface area contributed by atoms with Gasteiger partial charge in [-0.15, -0.1) is 0 Å². The van der Waals surface area contributed by atoms with Gasteiger partial charge >= 0.3 is 5.97 Å². The van der Waals surface area contributed by atoms with E-state index in [1.807, 2.05) is 18.2 Å². The largest absolute Gasteiger partial charge is 0.478 e. The molecular weight excluding hydrogens is 340 g/mol. The molecule has 2 aromatic carbocycles. The average Bonchev–Trinajstić information content (AvgIpc) is 2.69. The van der Waals surface area contributed by atoms with Crippen LogP contribution in [0.2, 0.25) is 0 Å². The molecule has 5 nitrogen and oxygen atoms in total. The highest BCUT2D eigenvalue weighted by Crippen LogP contribution is 2.27. The Labute approximate surface area is 160 Å². The van der Waals surface area contributed by atoms with Crippen LogP contribution in [0.25, 0.3) is 16.0 Å². The molecule has 0 radical (unpaired) electrons. The van der Waals surface area contributed by atoms with Gasteiger partial charge < -0.3 is 14.7 Å². The molecule has 0 aromatic heterocycles. The molecule has 1 saturated heterocycles. The summed E-state index contributed by atoms with van der Waals surface area (Å²) in [6.07, 6.45) is 2.28. The second-order valence-corrected chi connectivity index (χ2v) is 7.15. The molecule has 1 aliphatic heterocycles. The Morgan fingerprint density at radius 3 is 2.70 bits per heavy atom. The van der Waals surface area contributed by atoms with E-state index in [2.05, 4.69) is 16.8 Å². The molecule has 0 atom stereocenters. The lowest BCUT2D eigenvalue weighted by molar-refractivity contribution is 0.0620. The molecule has 1 heterocycles. The Morgan fingerprint density at radius 1 is 1.22 bits per heavy atom. The van der Waals surface area contributed by atoms with Crippen molar-refractivity contribution in [3.8, 4) is 11.1 Å². The Morgan fingerprint density at radius 2 is 2.00 bits per heavy atom. The van der Waals surface area contributed by atoms with E-state index >= 15 is 0 Å². The summed E-state index contributed by atoms with van der Waals surface area (Å²) in [5.74, 6) is -0.395. The fraction of sp³-hybridized carbons (Fsp3) is 0.364. The van der Waals surface area contributed by atoms with E-state index in [0.717, 1.165) is 42.6 Å². The number of hydrogen-bond acceptors (Lipinski definition) is 3. The maximum absolute atomic E-state index is 11.5. The van der Waals surface area contributed by atoms with Crippen LogP contribution >= 0.6 is 0 Å². The van der Waals surface area contributed by atoms with E-state index in [4.69, 9.17) is 11.3 Å². The molecule has 0 unspecified atom stereocenters. The number of benzene rings is 2. The molecule has 3 rings (SSSR count). The zero-order valence-electron chi connectivity index (χ0n) is 15.5. The number of carboxylic acid groups (broad SMARTS) is 1. The predicted octanol–water partition coefficient (Wildman–Crippen LogP) is 4.46. The summed E-state index contributed by atoms with van der Waals surface area (Å²) in [6.45, 7) is 10.5. The molecule has 1 fully saturated rings. The minimum absolute atomic E-state index is 0.235. The van der Waals surface area contributed by atoms with Crippen LogP contribution < -0.4 is 0 Å². The van der Waals surface area contributed by atoms with Crippen LogP contribution in [0.4, 0.5) is 5.69 Å². The van der Waals surface area contributed by atoms with Gasteiger partial charge in [-0.3, -0.25) is 0 Å². The van der Waals surface area contributed by atoms with E-state index in [9.17, 15) is 9.90 Å². The summed E-state index contributed by atoms with van der Waals surface area (Å²) in [5.41, 5.74) is 3.24. The van der Waals surface area contributed by atoms with E-state index in [0.29, 0.717) is 24.8 Å². The highest BCUT2D eigenvalue weighted by Gasteiger charge is 2.17. The van der Waals surface area contributed by atoms with Gasteiger partial charge in [0.15, 0.2) is 5.69 Å². The molecular formula is C22H24N2O3. The van der Waals surface area contributed by atoms with E-state index in [1.54, 1.807) is 24.3 Å². The van der Waals surface area contributed by atoms with Gasteiger partial charge in [0.25, 0.3) is 0 Å². The summed E-state index contributed by atoms with van der Waals surface area (Å²) < 4.78 is 5.90. The van der Waals surface area contributed by atoms with E-state index < -0.39 is 5.97 Å². The molecule has 0 spiro atoms. The minimum Gasteiger partial charge on any atom is -0.478 e. The van der Waals surface area contributed by atoms with Crippen molar-refractivity contribution in [2.75, 3.05) is 26.7 Å².